The van der Waals surface area contributed by atoms with Crippen LogP contribution in [0, 0.1) is 17.1 Å². The minimum absolute atomic E-state index is 0.0962. The second kappa shape index (κ2) is 6.04. The summed E-state index contributed by atoms with van der Waals surface area (Å²) in [5.74, 6) is -0.901. The maximum atomic E-state index is 13.1. The van der Waals surface area contributed by atoms with Crippen LogP contribution in [0.2, 0.25) is 5.02 Å². The van der Waals surface area contributed by atoms with Crippen LogP contribution in [0.3, 0.4) is 0 Å². The van der Waals surface area contributed by atoms with Gasteiger partial charge >= 0.3 is 0 Å². The molecular weight excluding hydrogens is 347 g/mol. The third-order valence-electron chi connectivity index (χ3n) is 2.52. The number of carbonyl (C=O) groups excluding carboxylic acids is 1. The molecule has 6 heteroatoms. The lowest BCUT2D eigenvalue weighted by molar-refractivity contribution is 0.102. The van der Waals surface area contributed by atoms with Gasteiger partial charge in [-0.05, 0) is 52.3 Å². The van der Waals surface area contributed by atoms with E-state index in [0.717, 1.165) is 6.07 Å². The summed E-state index contributed by atoms with van der Waals surface area (Å²) < 4.78 is 13.4. The highest BCUT2D eigenvalue weighted by Gasteiger charge is 2.12. The molecule has 0 heterocycles. The highest BCUT2D eigenvalue weighted by molar-refractivity contribution is 9.10. The van der Waals surface area contributed by atoms with Crippen LogP contribution in [-0.2, 0) is 0 Å². The maximum absolute atomic E-state index is 13.1. The minimum Gasteiger partial charge on any atom is -0.320 e. The van der Waals surface area contributed by atoms with Crippen molar-refractivity contribution in [3.8, 4) is 6.07 Å². The molecule has 0 fully saturated rings. The first-order valence-corrected chi connectivity index (χ1v) is 6.64. The lowest BCUT2D eigenvalue weighted by Gasteiger charge is -2.09. The van der Waals surface area contributed by atoms with Crippen molar-refractivity contribution in [2.75, 3.05) is 5.32 Å². The molecule has 2 aromatic carbocycles. The molecule has 0 spiro atoms. The Hall–Kier alpha value is -1.90. The van der Waals surface area contributed by atoms with E-state index < -0.39 is 11.7 Å². The van der Waals surface area contributed by atoms with Gasteiger partial charge in [0.1, 0.15) is 5.82 Å². The van der Waals surface area contributed by atoms with Crippen LogP contribution < -0.4 is 5.32 Å². The Morgan fingerprint density at radius 1 is 1.30 bits per heavy atom. The Morgan fingerprint density at radius 3 is 2.50 bits per heavy atom. The lowest BCUT2D eigenvalue weighted by atomic mass is 10.1. The molecule has 2 rings (SSSR count). The summed E-state index contributed by atoms with van der Waals surface area (Å²) in [5.41, 5.74) is 1.13. The van der Waals surface area contributed by atoms with Crippen LogP contribution in [0.15, 0.2) is 40.9 Å². The zero-order chi connectivity index (χ0) is 14.7. The van der Waals surface area contributed by atoms with E-state index in [1.165, 1.54) is 30.3 Å². The number of rotatable bonds is 2. The van der Waals surface area contributed by atoms with Gasteiger partial charge < -0.3 is 5.32 Å². The van der Waals surface area contributed by atoms with Crippen molar-refractivity contribution in [1.29, 1.82) is 5.26 Å². The van der Waals surface area contributed by atoms with Crippen LogP contribution in [-0.4, -0.2) is 5.91 Å². The van der Waals surface area contributed by atoms with Gasteiger partial charge in [0, 0.05) is 10.0 Å². The topological polar surface area (TPSA) is 52.9 Å². The Kier molecular flexibility index (Phi) is 4.38. The monoisotopic (exact) mass is 352 g/mol. The summed E-state index contributed by atoms with van der Waals surface area (Å²) in [4.78, 5) is 12.0. The van der Waals surface area contributed by atoms with Crippen LogP contribution in [0.4, 0.5) is 10.1 Å². The summed E-state index contributed by atoms with van der Waals surface area (Å²) in [5, 5.41) is 11.4. The molecule has 0 saturated carbocycles. The van der Waals surface area contributed by atoms with Crippen LogP contribution in [0.1, 0.15) is 15.9 Å². The van der Waals surface area contributed by atoms with Crippen molar-refractivity contribution < 1.29 is 9.18 Å². The summed E-state index contributed by atoms with van der Waals surface area (Å²) in [6.45, 7) is 0. The number of nitriles is 1. The van der Waals surface area contributed by atoms with Crippen molar-refractivity contribution in [2.24, 2.45) is 0 Å². The highest BCUT2D eigenvalue weighted by Crippen LogP contribution is 2.32. The van der Waals surface area contributed by atoms with E-state index in [-0.39, 0.29) is 5.02 Å². The second-order valence-corrected chi connectivity index (χ2v) is 5.15. The lowest BCUT2D eigenvalue weighted by Crippen LogP contribution is -2.12. The average molecular weight is 354 g/mol. The molecule has 0 radical (unpaired) electrons. The van der Waals surface area contributed by atoms with Gasteiger partial charge in [-0.2, -0.15) is 5.26 Å². The Labute approximate surface area is 128 Å². The first-order valence-electron chi connectivity index (χ1n) is 5.47. The fourth-order valence-corrected chi connectivity index (χ4v) is 2.44. The molecule has 20 heavy (non-hydrogen) atoms. The van der Waals surface area contributed by atoms with Crippen LogP contribution in [0.5, 0.6) is 0 Å². The number of hydrogen-bond donors (Lipinski definition) is 1. The molecule has 2 aromatic rings. The molecule has 0 aliphatic rings. The molecule has 100 valence electrons. The number of halogens is 3. The zero-order valence-corrected chi connectivity index (χ0v) is 12.3. The fourth-order valence-electron chi connectivity index (χ4n) is 1.54. The van der Waals surface area contributed by atoms with E-state index in [1.807, 2.05) is 6.07 Å². The molecule has 3 nitrogen and oxygen atoms in total. The normalized spacial score (nSPS) is 9.90. The van der Waals surface area contributed by atoms with E-state index in [2.05, 4.69) is 21.2 Å². The van der Waals surface area contributed by atoms with Gasteiger partial charge in [-0.25, -0.2) is 4.39 Å². The van der Waals surface area contributed by atoms with Gasteiger partial charge in [0.15, 0.2) is 0 Å². The van der Waals surface area contributed by atoms with E-state index in [4.69, 9.17) is 16.9 Å². The number of nitrogens with one attached hydrogen (secondary N) is 1. The highest BCUT2D eigenvalue weighted by atomic mass is 79.9. The first-order chi connectivity index (χ1) is 9.51. The number of carbonyl (C=O) groups is 1. The van der Waals surface area contributed by atoms with Gasteiger partial charge in [-0.15, -0.1) is 0 Å². The number of nitrogens with zero attached hydrogens (tertiary/aromatic N) is 1. The Balaban J connectivity index is 2.26. The van der Waals surface area contributed by atoms with Crippen LogP contribution >= 0.6 is 27.5 Å². The SMILES string of the molecule is N#Cc1ccc(C(=O)Nc2c(Cl)cc(F)cc2Br)cc1. The summed E-state index contributed by atoms with van der Waals surface area (Å²) in [6.07, 6.45) is 0. The van der Waals surface area contributed by atoms with E-state index in [1.54, 1.807) is 0 Å². The van der Waals surface area contributed by atoms with Crippen molar-refractivity contribution in [1.82, 2.24) is 0 Å². The smallest absolute Gasteiger partial charge is 0.255 e. The zero-order valence-electron chi connectivity index (χ0n) is 9.95. The molecule has 0 bridgehead atoms. The third kappa shape index (κ3) is 3.16. The van der Waals surface area contributed by atoms with Gasteiger partial charge in [-0.1, -0.05) is 11.6 Å². The fraction of sp³-hybridized carbons (Fsp3) is 0. The van der Waals surface area contributed by atoms with Gasteiger partial charge in [0.25, 0.3) is 5.91 Å². The van der Waals surface area contributed by atoms with E-state index in [9.17, 15) is 9.18 Å². The van der Waals surface area contributed by atoms with Gasteiger partial charge in [-0.3, -0.25) is 4.79 Å². The van der Waals surface area contributed by atoms with E-state index in [0.29, 0.717) is 21.3 Å². The summed E-state index contributed by atoms with van der Waals surface area (Å²) in [7, 11) is 0. The van der Waals surface area contributed by atoms with Crippen molar-refractivity contribution in [2.45, 2.75) is 0 Å². The number of amides is 1. The molecule has 1 N–H and O–H groups in total. The average Bonchev–Trinajstić information content (AvgIpc) is 2.42. The second-order valence-electron chi connectivity index (χ2n) is 3.89. The quantitative estimate of drug-likeness (QED) is 0.872. The molecule has 0 aromatic heterocycles. The molecule has 0 atom stereocenters. The maximum Gasteiger partial charge on any atom is 0.255 e. The standard InChI is InChI=1S/C14H7BrClFN2O/c15-11-5-10(17)6-12(16)13(11)19-14(20)9-3-1-8(7-18)2-4-9/h1-6H,(H,19,20). The predicted octanol–water partition coefficient (Wildman–Crippen LogP) is 4.37. The third-order valence-corrected chi connectivity index (χ3v) is 3.45. The minimum atomic E-state index is -0.502. The molecule has 0 saturated heterocycles. The summed E-state index contributed by atoms with van der Waals surface area (Å²) >= 11 is 9.03. The Bertz CT molecular complexity index is 687. The number of anilines is 1. The first kappa shape index (κ1) is 14.5. The van der Waals surface area contributed by atoms with Gasteiger partial charge in [0.05, 0.1) is 22.3 Å². The molecule has 1 amide bonds. The molecule has 0 unspecified atom stereocenters. The van der Waals surface area contributed by atoms with Crippen LogP contribution in [0.25, 0.3) is 0 Å². The predicted molar refractivity (Wildman–Crippen MR) is 78.2 cm³/mol. The number of benzene rings is 2. The van der Waals surface area contributed by atoms with E-state index >= 15 is 0 Å². The van der Waals surface area contributed by atoms with Crippen molar-refractivity contribution in [3.63, 3.8) is 0 Å². The van der Waals surface area contributed by atoms with Crippen molar-refractivity contribution >= 4 is 39.1 Å². The Morgan fingerprint density at radius 2 is 1.95 bits per heavy atom. The molecule has 0 aliphatic heterocycles. The number of hydrogen-bond acceptors (Lipinski definition) is 2. The molecular formula is C14H7BrClFN2O. The largest absolute Gasteiger partial charge is 0.320 e. The molecule has 0 aliphatic carbocycles. The summed E-state index contributed by atoms with van der Waals surface area (Å²) in [6, 6.07) is 10.4. The van der Waals surface area contributed by atoms with Gasteiger partial charge in [0.2, 0.25) is 0 Å². The van der Waals surface area contributed by atoms with Crippen molar-refractivity contribution in [3.05, 3.63) is 62.8 Å².